The maximum Gasteiger partial charge on any atom is 0.332 e. The second kappa shape index (κ2) is 11.0. The number of aromatic amines is 1. The van der Waals surface area contributed by atoms with Crippen molar-refractivity contribution in [1.82, 2.24) is 39.3 Å². The summed E-state index contributed by atoms with van der Waals surface area (Å²) in [5.74, 6) is 1.45. The fourth-order valence-corrected chi connectivity index (χ4v) is 4.92. The van der Waals surface area contributed by atoms with Gasteiger partial charge in [-0.15, -0.1) is 5.10 Å². The van der Waals surface area contributed by atoms with E-state index < -0.39 is 0 Å². The van der Waals surface area contributed by atoms with Crippen molar-refractivity contribution in [2.75, 3.05) is 0 Å². The van der Waals surface area contributed by atoms with Crippen LogP contribution in [0.2, 0.25) is 0 Å². The SMILES string of the molecule is CCCCc1nc2c(c(=O)n(CC)c(=O)n2CCC)n1Cc1ccc(-c2ccccc2-c2nnn[nH]2)cc1. The number of hydrogen-bond donors (Lipinski definition) is 1. The van der Waals surface area contributed by atoms with Crippen LogP contribution in [0.5, 0.6) is 0 Å². The van der Waals surface area contributed by atoms with Gasteiger partial charge in [0.05, 0.1) is 0 Å². The molecule has 0 aliphatic rings. The quantitative estimate of drug-likeness (QED) is 0.302. The lowest BCUT2D eigenvalue weighted by molar-refractivity contribution is 0.578. The molecule has 10 heteroatoms. The van der Waals surface area contributed by atoms with Gasteiger partial charge in [0.25, 0.3) is 5.56 Å². The normalized spacial score (nSPS) is 11.4. The van der Waals surface area contributed by atoms with Crippen LogP contribution in [0.25, 0.3) is 33.7 Å². The molecule has 38 heavy (non-hydrogen) atoms. The van der Waals surface area contributed by atoms with Crippen LogP contribution >= 0.6 is 0 Å². The summed E-state index contributed by atoms with van der Waals surface area (Å²) in [6.07, 6.45) is 3.49. The van der Waals surface area contributed by atoms with Gasteiger partial charge in [0.15, 0.2) is 17.0 Å². The number of tetrazole rings is 1. The zero-order valence-electron chi connectivity index (χ0n) is 22.0. The molecule has 0 spiro atoms. The Kier molecular flexibility index (Phi) is 7.30. The molecule has 5 rings (SSSR count). The van der Waals surface area contributed by atoms with Crippen LogP contribution in [0.3, 0.4) is 0 Å². The Morgan fingerprint density at radius 2 is 1.63 bits per heavy atom. The number of nitrogens with zero attached hydrogens (tertiary/aromatic N) is 7. The van der Waals surface area contributed by atoms with Crippen molar-refractivity contribution in [2.24, 2.45) is 0 Å². The lowest BCUT2D eigenvalue weighted by Gasteiger charge is -2.13. The van der Waals surface area contributed by atoms with E-state index in [9.17, 15) is 9.59 Å². The minimum atomic E-state index is -0.288. The molecule has 0 radical (unpaired) electrons. The average Bonchev–Trinajstić information content (AvgIpc) is 3.60. The molecule has 3 aromatic heterocycles. The number of rotatable bonds is 10. The molecule has 0 saturated carbocycles. The molecular weight excluding hydrogens is 480 g/mol. The molecular formula is C28H32N8O2. The highest BCUT2D eigenvalue weighted by Crippen LogP contribution is 2.30. The van der Waals surface area contributed by atoms with Gasteiger partial charge in [-0.1, -0.05) is 68.8 Å². The van der Waals surface area contributed by atoms with Crippen LogP contribution in [-0.4, -0.2) is 39.3 Å². The third-order valence-corrected chi connectivity index (χ3v) is 6.84. The smallest absolute Gasteiger partial charge is 0.318 e. The minimum Gasteiger partial charge on any atom is -0.318 e. The minimum absolute atomic E-state index is 0.277. The first kappa shape index (κ1) is 25.3. The highest BCUT2D eigenvalue weighted by molar-refractivity contribution is 5.80. The van der Waals surface area contributed by atoms with Crippen molar-refractivity contribution in [3.8, 4) is 22.5 Å². The highest BCUT2D eigenvalue weighted by Gasteiger charge is 2.21. The molecule has 0 aliphatic heterocycles. The van der Waals surface area contributed by atoms with E-state index in [2.05, 4.69) is 51.8 Å². The van der Waals surface area contributed by atoms with Crippen LogP contribution in [0, 0.1) is 0 Å². The van der Waals surface area contributed by atoms with Gasteiger partial charge in [0, 0.05) is 31.6 Å². The number of nitrogens with one attached hydrogen (secondary N) is 1. The number of aromatic nitrogens is 8. The number of H-pyrrole nitrogens is 1. The monoisotopic (exact) mass is 512 g/mol. The van der Waals surface area contributed by atoms with E-state index in [1.54, 1.807) is 4.57 Å². The molecule has 0 amide bonds. The van der Waals surface area contributed by atoms with Crippen molar-refractivity contribution >= 4 is 11.2 Å². The second-order valence-corrected chi connectivity index (χ2v) is 9.37. The molecule has 2 aromatic carbocycles. The third kappa shape index (κ3) is 4.57. The van der Waals surface area contributed by atoms with Gasteiger partial charge >= 0.3 is 5.69 Å². The standard InChI is InChI=1S/C28H32N8O2/c1-4-7-12-23-29-26-24(27(37)34(6-3)28(38)35(26)17-5-2)36(23)18-19-13-15-20(16-14-19)21-10-8-9-11-22(21)25-30-32-33-31-25/h8-11,13-16H,4-7,12,17-18H2,1-3H3,(H,30,31,32,33). The van der Waals surface area contributed by atoms with Crippen molar-refractivity contribution in [1.29, 1.82) is 0 Å². The van der Waals surface area contributed by atoms with Crippen molar-refractivity contribution in [2.45, 2.75) is 66.1 Å². The zero-order valence-corrected chi connectivity index (χ0v) is 22.0. The summed E-state index contributed by atoms with van der Waals surface area (Å²) in [7, 11) is 0. The lowest BCUT2D eigenvalue weighted by Crippen LogP contribution is -2.40. The van der Waals surface area contributed by atoms with Gasteiger partial charge in [0.2, 0.25) is 0 Å². The second-order valence-electron chi connectivity index (χ2n) is 9.37. The summed E-state index contributed by atoms with van der Waals surface area (Å²) in [6.45, 7) is 7.32. The molecule has 0 bridgehead atoms. The summed E-state index contributed by atoms with van der Waals surface area (Å²) in [4.78, 5) is 31.4. The van der Waals surface area contributed by atoms with Gasteiger partial charge in [-0.2, -0.15) is 0 Å². The fraction of sp³-hybridized carbons (Fsp3) is 0.357. The Morgan fingerprint density at radius 1 is 0.868 bits per heavy atom. The number of imidazole rings is 1. The van der Waals surface area contributed by atoms with Crippen LogP contribution in [0.15, 0.2) is 58.1 Å². The predicted octanol–water partition coefficient (Wildman–Crippen LogP) is 4.03. The maximum atomic E-state index is 13.5. The molecule has 0 unspecified atom stereocenters. The molecule has 3 heterocycles. The summed E-state index contributed by atoms with van der Waals surface area (Å²) >= 11 is 0. The van der Waals surface area contributed by atoms with E-state index in [0.717, 1.165) is 53.8 Å². The van der Waals surface area contributed by atoms with Crippen LogP contribution < -0.4 is 11.2 Å². The van der Waals surface area contributed by atoms with E-state index in [4.69, 9.17) is 4.98 Å². The molecule has 196 valence electrons. The van der Waals surface area contributed by atoms with Gasteiger partial charge < -0.3 is 4.57 Å². The Labute approximate surface area is 220 Å². The van der Waals surface area contributed by atoms with E-state index in [0.29, 0.717) is 36.6 Å². The van der Waals surface area contributed by atoms with Crippen molar-refractivity contribution in [3.63, 3.8) is 0 Å². The molecule has 1 N–H and O–H groups in total. The summed E-state index contributed by atoms with van der Waals surface area (Å²) in [6, 6.07) is 16.3. The molecule has 0 fully saturated rings. The number of unbranched alkanes of at least 4 members (excludes halogenated alkanes) is 1. The third-order valence-electron chi connectivity index (χ3n) is 6.84. The van der Waals surface area contributed by atoms with Crippen molar-refractivity contribution in [3.05, 3.63) is 80.8 Å². The van der Waals surface area contributed by atoms with Crippen LogP contribution in [0.4, 0.5) is 0 Å². The Hall–Kier alpha value is -4.34. The van der Waals surface area contributed by atoms with Gasteiger partial charge in [0.1, 0.15) is 5.82 Å². The largest absolute Gasteiger partial charge is 0.332 e. The summed E-state index contributed by atoms with van der Waals surface area (Å²) < 4.78 is 4.98. The number of aryl methyl sites for hydroxylation is 2. The molecule has 0 saturated heterocycles. The Morgan fingerprint density at radius 3 is 2.29 bits per heavy atom. The average molecular weight is 513 g/mol. The molecule has 0 atom stereocenters. The summed E-state index contributed by atoms with van der Waals surface area (Å²) in [5, 5.41) is 14.3. The first-order chi connectivity index (χ1) is 18.6. The number of fused-ring (bicyclic) bond motifs is 1. The van der Waals surface area contributed by atoms with E-state index in [1.807, 2.05) is 42.7 Å². The topological polar surface area (TPSA) is 116 Å². The van der Waals surface area contributed by atoms with E-state index >= 15 is 0 Å². The number of hydrogen-bond acceptors (Lipinski definition) is 6. The predicted molar refractivity (Wildman–Crippen MR) is 147 cm³/mol. The summed E-state index contributed by atoms with van der Waals surface area (Å²) in [5.41, 5.74) is 4.44. The fourth-order valence-electron chi connectivity index (χ4n) is 4.92. The van der Waals surface area contributed by atoms with Crippen LogP contribution in [0.1, 0.15) is 51.4 Å². The number of benzene rings is 2. The Bertz CT molecular complexity index is 1660. The molecule has 5 aromatic rings. The zero-order chi connectivity index (χ0) is 26.6. The lowest BCUT2D eigenvalue weighted by atomic mass is 9.98. The Balaban J connectivity index is 1.58. The van der Waals surface area contributed by atoms with Gasteiger partial charge in [-0.3, -0.25) is 13.9 Å². The van der Waals surface area contributed by atoms with Crippen LogP contribution in [-0.2, 0) is 26.1 Å². The maximum absolute atomic E-state index is 13.5. The van der Waals surface area contributed by atoms with E-state index in [1.165, 1.54) is 4.57 Å². The van der Waals surface area contributed by atoms with Gasteiger partial charge in [-0.05, 0) is 46.9 Å². The van der Waals surface area contributed by atoms with Crippen molar-refractivity contribution < 1.29 is 0 Å². The van der Waals surface area contributed by atoms with E-state index in [-0.39, 0.29) is 11.2 Å². The molecule has 0 aliphatic carbocycles. The molecule has 10 nitrogen and oxygen atoms in total. The van der Waals surface area contributed by atoms with Gasteiger partial charge in [-0.25, -0.2) is 14.9 Å². The first-order valence-corrected chi connectivity index (χ1v) is 13.2. The first-order valence-electron chi connectivity index (χ1n) is 13.2. The highest BCUT2D eigenvalue weighted by atomic mass is 16.2.